The van der Waals surface area contributed by atoms with Gasteiger partial charge in [0.15, 0.2) is 15.0 Å². The minimum Gasteiger partial charge on any atom is -0.463 e. The highest BCUT2D eigenvalue weighted by atomic mass is 32.2. The first-order valence-corrected chi connectivity index (χ1v) is 13.0. The van der Waals surface area contributed by atoms with Gasteiger partial charge in [-0.15, -0.1) is 11.3 Å². The first kappa shape index (κ1) is 24.1. The molecule has 1 atom stereocenters. The van der Waals surface area contributed by atoms with E-state index in [1.165, 1.54) is 19.1 Å². The Bertz CT molecular complexity index is 1100. The van der Waals surface area contributed by atoms with Crippen molar-refractivity contribution < 1.29 is 27.9 Å². The van der Waals surface area contributed by atoms with Gasteiger partial charge in [0, 0.05) is 24.1 Å². The molecule has 1 aliphatic rings. The van der Waals surface area contributed by atoms with Crippen molar-refractivity contribution in [1.82, 2.24) is 4.98 Å². The first-order chi connectivity index (χ1) is 15.1. The third-order valence-corrected chi connectivity index (χ3v) is 7.07. The third kappa shape index (κ3) is 6.47. The summed E-state index contributed by atoms with van der Waals surface area (Å²) in [5, 5.41) is 14.7. The summed E-state index contributed by atoms with van der Waals surface area (Å²) < 4.78 is 28.3. The fourth-order valence-corrected chi connectivity index (χ4v) is 4.87. The van der Waals surface area contributed by atoms with Gasteiger partial charge in [-0.3, -0.25) is 14.9 Å². The number of aliphatic hydroxyl groups excluding tert-OH is 1. The lowest BCUT2D eigenvalue weighted by Crippen LogP contribution is -2.15. The largest absolute Gasteiger partial charge is 0.463 e. The van der Waals surface area contributed by atoms with Gasteiger partial charge >= 0.3 is 5.97 Å². The summed E-state index contributed by atoms with van der Waals surface area (Å²) in [5.41, 5.74) is 1.37. The van der Waals surface area contributed by atoms with Gasteiger partial charge in [-0.2, -0.15) is 0 Å². The molecule has 10 heteroatoms. The molecule has 2 N–H and O–H groups in total. The number of anilines is 1. The minimum absolute atomic E-state index is 0.188. The summed E-state index contributed by atoms with van der Waals surface area (Å²) in [6.07, 6.45) is 6.22. The molecule has 0 aliphatic heterocycles. The number of carbonyl (C=O) groups excluding carboxylic acids is 2. The van der Waals surface area contributed by atoms with E-state index in [0.29, 0.717) is 22.0 Å². The number of carbonyl (C=O) groups is 2. The molecule has 0 radical (unpaired) electrons. The number of rotatable bonds is 8. The predicted octanol–water partition coefficient (Wildman–Crippen LogP) is 3.36. The number of nitrogens with zero attached hydrogens (tertiary/aromatic N) is 1. The number of hydrogen-bond acceptors (Lipinski definition) is 8. The topological polar surface area (TPSA) is 123 Å². The van der Waals surface area contributed by atoms with Crippen molar-refractivity contribution in [3.8, 4) is 0 Å². The van der Waals surface area contributed by atoms with Crippen LogP contribution in [0, 0.1) is 5.92 Å². The predicted molar refractivity (Wildman–Crippen MR) is 122 cm³/mol. The average molecular weight is 479 g/mol. The number of nitrogens with one attached hydrogen (secondary N) is 1. The number of aliphatic hydroxyl groups is 1. The zero-order chi connectivity index (χ0) is 23.3. The summed E-state index contributed by atoms with van der Waals surface area (Å²) in [6.45, 7) is 1.03. The molecule has 1 saturated carbocycles. The highest BCUT2D eigenvalue weighted by molar-refractivity contribution is 7.90. The van der Waals surface area contributed by atoms with Gasteiger partial charge in [0.2, 0.25) is 0 Å². The second-order valence-electron chi connectivity index (χ2n) is 7.77. The van der Waals surface area contributed by atoms with Crippen molar-refractivity contribution in [2.75, 3.05) is 18.2 Å². The van der Waals surface area contributed by atoms with E-state index in [1.54, 1.807) is 17.5 Å². The smallest absolute Gasteiger partial charge is 0.302 e. The molecule has 1 aromatic heterocycles. The number of aromatic nitrogens is 1. The first-order valence-electron chi connectivity index (χ1n) is 10.2. The van der Waals surface area contributed by atoms with Crippen LogP contribution in [-0.2, 0) is 24.2 Å². The second kappa shape index (κ2) is 10.4. The van der Waals surface area contributed by atoms with E-state index < -0.39 is 21.9 Å². The summed E-state index contributed by atoms with van der Waals surface area (Å²) in [4.78, 5) is 28.4. The lowest BCUT2D eigenvalue weighted by atomic mass is 9.98. The third-order valence-electron chi connectivity index (χ3n) is 5.17. The molecule has 1 aliphatic carbocycles. The van der Waals surface area contributed by atoms with E-state index in [2.05, 4.69) is 10.3 Å². The van der Waals surface area contributed by atoms with Gasteiger partial charge in [-0.25, -0.2) is 13.4 Å². The zero-order valence-corrected chi connectivity index (χ0v) is 19.5. The summed E-state index contributed by atoms with van der Waals surface area (Å²) in [7, 11) is -3.34. The van der Waals surface area contributed by atoms with Crippen LogP contribution in [0.4, 0.5) is 5.13 Å². The van der Waals surface area contributed by atoms with Gasteiger partial charge < -0.3 is 9.84 Å². The Hall–Kier alpha value is -2.56. The molecular weight excluding hydrogens is 452 g/mol. The molecule has 0 spiro atoms. The summed E-state index contributed by atoms with van der Waals surface area (Å²) in [5.74, 6) is -0.585. The number of thiazole rings is 1. The van der Waals surface area contributed by atoms with Crippen molar-refractivity contribution in [3.63, 3.8) is 0 Å². The van der Waals surface area contributed by atoms with Crippen molar-refractivity contribution in [1.29, 1.82) is 0 Å². The maximum Gasteiger partial charge on any atom is 0.302 e. The number of esters is 1. The van der Waals surface area contributed by atoms with Crippen LogP contribution in [0.2, 0.25) is 0 Å². The van der Waals surface area contributed by atoms with Gasteiger partial charge in [-0.1, -0.05) is 31.1 Å². The standard InChI is InChI=1S/C22H26N2O6S2/c1-14(25)30-12-20(26)19-13-31-22(23-19)24-21(27)18(11-15-5-3-4-6-15)16-7-9-17(10-8-16)32(2,28)29/h7-11,13,15,20,26H,3-6,12H2,1-2H3,(H,23,24,27)/b18-11+. The number of amides is 1. The maximum absolute atomic E-state index is 13.1. The second-order valence-corrected chi connectivity index (χ2v) is 10.6. The molecule has 3 rings (SSSR count). The van der Waals surface area contributed by atoms with E-state index in [1.807, 2.05) is 6.08 Å². The summed E-state index contributed by atoms with van der Waals surface area (Å²) >= 11 is 1.15. The molecule has 1 unspecified atom stereocenters. The van der Waals surface area contributed by atoms with Gasteiger partial charge in [-0.05, 0) is 36.5 Å². The zero-order valence-electron chi connectivity index (χ0n) is 17.9. The minimum atomic E-state index is -3.34. The molecular formula is C22H26N2O6S2. The molecule has 1 heterocycles. The normalized spacial score (nSPS) is 16.0. The fraction of sp³-hybridized carbons (Fsp3) is 0.409. The molecule has 1 amide bonds. The Kier molecular flexibility index (Phi) is 7.81. The highest BCUT2D eigenvalue weighted by Crippen LogP contribution is 2.30. The monoisotopic (exact) mass is 478 g/mol. The van der Waals surface area contributed by atoms with Gasteiger partial charge in [0.1, 0.15) is 12.7 Å². The van der Waals surface area contributed by atoms with E-state index in [4.69, 9.17) is 4.74 Å². The van der Waals surface area contributed by atoms with Crippen molar-refractivity contribution in [2.45, 2.75) is 43.6 Å². The summed E-state index contributed by atoms with van der Waals surface area (Å²) in [6, 6.07) is 6.25. The molecule has 0 saturated heterocycles. The highest BCUT2D eigenvalue weighted by Gasteiger charge is 2.21. The SMILES string of the molecule is CC(=O)OCC(O)c1csc(NC(=O)/C(=C/C2CCCC2)c2ccc(S(C)(=O)=O)cc2)n1. The number of sulfone groups is 1. The van der Waals surface area contributed by atoms with E-state index >= 15 is 0 Å². The van der Waals surface area contributed by atoms with Crippen molar-refractivity contribution >= 4 is 43.8 Å². The van der Waals surface area contributed by atoms with Crippen LogP contribution >= 0.6 is 11.3 Å². The van der Waals surface area contributed by atoms with E-state index in [-0.39, 0.29) is 23.3 Å². The van der Waals surface area contributed by atoms with Gasteiger partial charge in [0.25, 0.3) is 5.91 Å². The van der Waals surface area contributed by atoms with Crippen molar-refractivity contribution in [2.24, 2.45) is 5.92 Å². The Balaban J connectivity index is 1.80. The van der Waals surface area contributed by atoms with Crippen LogP contribution in [0.1, 0.15) is 50.0 Å². The fourth-order valence-electron chi connectivity index (χ4n) is 3.49. The van der Waals surface area contributed by atoms with Gasteiger partial charge in [0.05, 0.1) is 10.6 Å². The molecule has 1 fully saturated rings. The Labute approximate surface area is 191 Å². The molecule has 8 nitrogen and oxygen atoms in total. The number of allylic oxidation sites excluding steroid dienone is 1. The van der Waals surface area contributed by atoms with Crippen LogP contribution in [0.5, 0.6) is 0 Å². The van der Waals surface area contributed by atoms with E-state index in [9.17, 15) is 23.1 Å². The maximum atomic E-state index is 13.1. The van der Waals surface area contributed by atoms with Crippen LogP contribution in [0.3, 0.4) is 0 Å². The van der Waals surface area contributed by atoms with Crippen LogP contribution in [0.15, 0.2) is 40.6 Å². The molecule has 0 bridgehead atoms. The lowest BCUT2D eigenvalue weighted by molar-refractivity contribution is -0.144. The van der Waals surface area contributed by atoms with Crippen LogP contribution < -0.4 is 5.32 Å². The molecule has 172 valence electrons. The van der Waals surface area contributed by atoms with E-state index in [0.717, 1.165) is 43.3 Å². The number of ether oxygens (including phenoxy) is 1. The lowest BCUT2D eigenvalue weighted by Gasteiger charge is -2.12. The van der Waals surface area contributed by atoms with Crippen molar-refractivity contribution in [3.05, 3.63) is 47.0 Å². The number of hydrogen-bond donors (Lipinski definition) is 2. The van der Waals surface area contributed by atoms with Crippen LogP contribution in [0.25, 0.3) is 5.57 Å². The molecule has 32 heavy (non-hydrogen) atoms. The Morgan fingerprint density at radius 3 is 2.53 bits per heavy atom. The Morgan fingerprint density at radius 1 is 1.28 bits per heavy atom. The molecule has 1 aromatic carbocycles. The average Bonchev–Trinajstić information content (AvgIpc) is 3.41. The quantitative estimate of drug-likeness (QED) is 0.440. The molecule has 2 aromatic rings. The van der Waals surface area contributed by atoms with Crippen LogP contribution in [-0.4, -0.2) is 43.2 Å². The Morgan fingerprint density at radius 2 is 1.94 bits per heavy atom. The number of benzene rings is 1.